The molecule has 3 rings (SSSR count). The quantitative estimate of drug-likeness (QED) is 0.852. The molecular weight excluding hydrogens is 232 g/mol. The van der Waals surface area contributed by atoms with E-state index in [-0.39, 0.29) is 5.54 Å². The minimum Gasteiger partial charge on any atom is -0.328 e. The summed E-state index contributed by atoms with van der Waals surface area (Å²) in [7, 11) is 0. The summed E-state index contributed by atoms with van der Waals surface area (Å²) in [6.45, 7) is 4.20. The number of hydrogen-bond donors (Lipinski definition) is 2. The van der Waals surface area contributed by atoms with Gasteiger partial charge in [0.05, 0.1) is 5.54 Å². The molecule has 1 aromatic rings. The Morgan fingerprint density at radius 2 is 2.16 bits per heavy atom. The molecule has 0 bridgehead atoms. The van der Waals surface area contributed by atoms with Gasteiger partial charge in [0.15, 0.2) is 0 Å². The SMILES string of the molecule is CC(CNC1(CN)CCCc2ccccc21)C1CC1. The smallest absolute Gasteiger partial charge is 0.0561 e. The lowest BCUT2D eigenvalue weighted by atomic mass is 9.76. The van der Waals surface area contributed by atoms with Crippen molar-refractivity contribution in [3.8, 4) is 0 Å². The molecule has 0 radical (unpaired) electrons. The molecule has 2 aliphatic rings. The maximum absolute atomic E-state index is 6.17. The van der Waals surface area contributed by atoms with Crippen molar-refractivity contribution >= 4 is 0 Å². The summed E-state index contributed by atoms with van der Waals surface area (Å²) >= 11 is 0. The fourth-order valence-electron chi connectivity index (χ4n) is 3.58. The first-order chi connectivity index (χ1) is 9.25. The van der Waals surface area contributed by atoms with Crippen molar-refractivity contribution in [2.24, 2.45) is 17.6 Å². The van der Waals surface area contributed by atoms with Crippen LogP contribution in [0.4, 0.5) is 0 Å². The van der Waals surface area contributed by atoms with Crippen molar-refractivity contribution in [1.82, 2.24) is 5.32 Å². The van der Waals surface area contributed by atoms with E-state index in [1.165, 1.54) is 43.2 Å². The molecule has 0 spiro atoms. The fraction of sp³-hybridized carbons (Fsp3) is 0.647. The maximum atomic E-state index is 6.17. The van der Waals surface area contributed by atoms with Crippen LogP contribution in [-0.2, 0) is 12.0 Å². The predicted molar refractivity (Wildman–Crippen MR) is 80.0 cm³/mol. The van der Waals surface area contributed by atoms with Crippen LogP contribution in [0.5, 0.6) is 0 Å². The average molecular weight is 258 g/mol. The molecule has 0 heterocycles. The molecule has 104 valence electrons. The zero-order valence-corrected chi connectivity index (χ0v) is 12.0. The molecule has 0 aliphatic heterocycles. The molecule has 2 aliphatic carbocycles. The van der Waals surface area contributed by atoms with Crippen LogP contribution >= 0.6 is 0 Å². The van der Waals surface area contributed by atoms with Gasteiger partial charge in [-0.05, 0) is 61.6 Å². The van der Waals surface area contributed by atoms with E-state index < -0.39 is 0 Å². The Bertz CT molecular complexity index is 439. The lowest BCUT2D eigenvalue weighted by Gasteiger charge is -2.40. The molecule has 2 nitrogen and oxygen atoms in total. The predicted octanol–water partition coefficient (Wildman–Crippen LogP) is 2.81. The highest BCUT2D eigenvalue weighted by molar-refractivity contribution is 5.36. The van der Waals surface area contributed by atoms with Gasteiger partial charge in [-0.3, -0.25) is 0 Å². The van der Waals surface area contributed by atoms with E-state index in [0.717, 1.165) is 18.4 Å². The first kappa shape index (κ1) is 13.1. The summed E-state index contributed by atoms with van der Waals surface area (Å²) in [6, 6.07) is 8.85. The van der Waals surface area contributed by atoms with E-state index in [9.17, 15) is 0 Å². The highest BCUT2D eigenvalue weighted by Gasteiger charge is 2.36. The number of nitrogens with two attached hydrogens (primary N) is 1. The van der Waals surface area contributed by atoms with Crippen LogP contribution < -0.4 is 11.1 Å². The van der Waals surface area contributed by atoms with Crippen LogP contribution in [0.25, 0.3) is 0 Å². The molecule has 2 unspecified atom stereocenters. The van der Waals surface area contributed by atoms with Gasteiger partial charge in [0.1, 0.15) is 0 Å². The first-order valence-corrected chi connectivity index (χ1v) is 7.79. The van der Waals surface area contributed by atoms with E-state index in [4.69, 9.17) is 5.73 Å². The summed E-state index contributed by atoms with van der Waals surface area (Å²) in [4.78, 5) is 0. The van der Waals surface area contributed by atoms with Crippen LogP contribution in [0, 0.1) is 11.8 Å². The van der Waals surface area contributed by atoms with Gasteiger partial charge in [-0.25, -0.2) is 0 Å². The molecule has 1 fully saturated rings. The van der Waals surface area contributed by atoms with E-state index >= 15 is 0 Å². The van der Waals surface area contributed by atoms with Gasteiger partial charge in [0.25, 0.3) is 0 Å². The highest BCUT2D eigenvalue weighted by Crippen LogP contribution is 2.38. The Labute approximate surface area is 116 Å². The van der Waals surface area contributed by atoms with Crippen molar-refractivity contribution in [2.75, 3.05) is 13.1 Å². The van der Waals surface area contributed by atoms with Crippen LogP contribution in [-0.4, -0.2) is 13.1 Å². The first-order valence-electron chi connectivity index (χ1n) is 7.79. The molecule has 2 heteroatoms. The third-order valence-electron chi connectivity index (χ3n) is 5.12. The second-order valence-corrected chi connectivity index (χ2v) is 6.49. The van der Waals surface area contributed by atoms with Crippen molar-refractivity contribution in [3.05, 3.63) is 35.4 Å². The van der Waals surface area contributed by atoms with Gasteiger partial charge in [-0.1, -0.05) is 31.2 Å². The summed E-state index contributed by atoms with van der Waals surface area (Å²) in [6.07, 6.45) is 6.48. The maximum Gasteiger partial charge on any atom is 0.0561 e. The lowest BCUT2D eigenvalue weighted by molar-refractivity contribution is 0.269. The topological polar surface area (TPSA) is 38.0 Å². The van der Waals surface area contributed by atoms with Gasteiger partial charge in [-0.15, -0.1) is 0 Å². The number of aryl methyl sites for hydroxylation is 1. The van der Waals surface area contributed by atoms with E-state index in [2.05, 4.69) is 36.5 Å². The Morgan fingerprint density at radius 3 is 2.89 bits per heavy atom. The minimum absolute atomic E-state index is 0.0258. The number of benzene rings is 1. The average Bonchev–Trinajstić information content (AvgIpc) is 3.29. The van der Waals surface area contributed by atoms with Gasteiger partial charge < -0.3 is 11.1 Å². The Kier molecular flexibility index (Phi) is 3.64. The molecular formula is C17H26N2. The van der Waals surface area contributed by atoms with Crippen LogP contribution in [0.2, 0.25) is 0 Å². The molecule has 1 saturated carbocycles. The monoisotopic (exact) mass is 258 g/mol. The van der Waals surface area contributed by atoms with Crippen molar-refractivity contribution in [3.63, 3.8) is 0 Å². The van der Waals surface area contributed by atoms with Crippen molar-refractivity contribution in [1.29, 1.82) is 0 Å². The zero-order chi connectivity index (χ0) is 13.3. The summed E-state index contributed by atoms with van der Waals surface area (Å²) < 4.78 is 0. The number of hydrogen-bond acceptors (Lipinski definition) is 2. The van der Waals surface area contributed by atoms with Crippen LogP contribution in [0.1, 0.15) is 43.7 Å². The van der Waals surface area contributed by atoms with Gasteiger partial charge in [0.2, 0.25) is 0 Å². The molecule has 19 heavy (non-hydrogen) atoms. The third-order valence-corrected chi connectivity index (χ3v) is 5.12. The van der Waals surface area contributed by atoms with Crippen LogP contribution in [0.3, 0.4) is 0 Å². The second kappa shape index (κ2) is 5.26. The number of nitrogens with one attached hydrogen (secondary N) is 1. The molecule has 0 aromatic heterocycles. The molecule has 1 aromatic carbocycles. The summed E-state index contributed by atoms with van der Waals surface area (Å²) in [5, 5.41) is 3.84. The minimum atomic E-state index is 0.0258. The normalized spacial score (nSPS) is 27.9. The standard InChI is InChI=1S/C17H26N2/c1-13(14-8-9-14)11-19-17(12-18)10-4-6-15-5-2-3-7-16(15)17/h2-3,5,7,13-14,19H,4,6,8-12,18H2,1H3. The number of rotatable bonds is 5. The summed E-state index contributed by atoms with van der Waals surface area (Å²) in [5.74, 6) is 1.75. The Hall–Kier alpha value is -0.860. The second-order valence-electron chi connectivity index (χ2n) is 6.49. The van der Waals surface area contributed by atoms with Gasteiger partial charge >= 0.3 is 0 Å². The van der Waals surface area contributed by atoms with Crippen LogP contribution in [0.15, 0.2) is 24.3 Å². The van der Waals surface area contributed by atoms with Gasteiger partial charge in [0, 0.05) is 6.54 Å². The Balaban J connectivity index is 1.78. The lowest BCUT2D eigenvalue weighted by Crippen LogP contribution is -2.51. The fourth-order valence-corrected chi connectivity index (χ4v) is 3.58. The largest absolute Gasteiger partial charge is 0.328 e. The third kappa shape index (κ3) is 2.56. The zero-order valence-electron chi connectivity index (χ0n) is 12.0. The number of fused-ring (bicyclic) bond motifs is 1. The van der Waals surface area contributed by atoms with Crippen molar-refractivity contribution in [2.45, 2.75) is 44.6 Å². The molecule has 0 amide bonds. The van der Waals surface area contributed by atoms with Crippen molar-refractivity contribution < 1.29 is 0 Å². The summed E-state index contributed by atoms with van der Waals surface area (Å²) in [5.41, 5.74) is 9.14. The highest BCUT2D eigenvalue weighted by atomic mass is 15.0. The van der Waals surface area contributed by atoms with Gasteiger partial charge in [-0.2, -0.15) is 0 Å². The van der Waals surface area contributed by atoms with E-state index in [1.54, 1.807) is 0 Å². The molecule has 2 atom stereocenters. The van der Waals surface area contributed by atoms with E-state index in [1.807, 2.05) is 0 Å². The molecule has 3 N–H and O–H groups in total. The van der Waals surface area contributed by atoms with E-state index in [0.29, 0.717) is 6.54 Å². The Morgan fingerprint density at radius 1 is 1.37 bits per heavy atom. The molecule has 0 saturated heterocycles.